The fourth-order valence-electron chi connectivity index (χ4n) is 1.82. The average molecular weight is 371 g/mol. The summed E-state index contributed by atoms with van der Waals surface area (Å²) in [5.41, 5.74) is 1.45. The van der Waals surface area contributed by atoms with Crippen LogP contribution in [0.4, 0.5) is 0 Å². The minimum Gasteiger partial charge on any atom is -0.345 e. The SMILES string of the molecule is CC(NC(=O)c1cc(S)ccc1Cl)c1cccc(Br)c1. The van der Waals surface area contributed by atoms with Crippen LogP contribution in [0.2, 0.25) is 5.02 Å². The lowest BCUT2D eigenvalue weighted by Gasteiger charge is -2.15. The van der Waals surface area contributed by atoms with Crippen LogP contribution in [0.1, 0.15) is 28.9 Å². The van der Waals surface area contributed by atoms with Crippen molar-refractivity contribution in [2.24, 2.45) is 0 Å². The lowest BCUT2D eigenvalue weighted by atomic mass is 10.1. The van der Waals surface area contributed by atoms with Crippen molar-refractivity contribution in [3.05, 3.63) is 63.1 Å². The molecule has 2 rings (SSSR count). The normalized spacial score (nSPS) is 12.0. The first kappa shape index (κ1) is 15.4. The molecule has 0 fully saturated rings. The molecule has 20 heavy (non-hydrogen) atoms. The van der Waals surface area contributed by atoms with Gasteiger partial charge in [-0.05, 0) is 42.8 Å². The number of halogens is 2. The molecule has 0 aliphatic heterocycles. The van der Waals surface area contributed by atoms with Crippen molar-refractivity contribution in [1.82, 2.24) is 5.32 Å². The Labute approximate surface area is 137 Å². The van der Waals surface area contributed by atoms with Gasteiger partial charge in [0.05, 0.1) is 16.6 Å². The second-order valence-corrected chi connectivity index (χ2v) is 6.25. The number of carbonyl (C=O) groups is 1. The minimum atomic E-state index is -0.210. The lowest BCUT2D eigenvalue weighted by Crippen LogP contribution is -2.26. The van der Waals surface area contributed by atoms with E-state index in [1.807, 2.05) is 31.2 Å². The molecule has 0 saturated heterocycles. The van der Waals surface area contributed by atoms with E-state index in [2.05, 4.69) is 33.9 Å². The molecule has 5 heteroatoms. The van der Waals surface area contributed by atoms with E-state index < -0.39 is 0 Å². The molecule has 0 radical (unpaired) electrons. The molecule has 0 saturated carbocycles. The molecule has 1 unspecified atom stereocenters. The van der Waals surface area contributed by atoms with Crippen LogP contribution in [0.25, 0.3) is 0 Å². The van der Waals surface area contributed by atoms with Crippen molar-refractivity contribution in [1.29, 1.82) is 0 Å². The van der Waals surface area contributed by atoms with Gasteiger partial charge in [0.2, 0.25) is 0 Å². The summed E-state index contributed by atoms with van der Waals surface area (Å²) in [5, 5.41) is 3.35. The summed E-state index contributed by atoms with van der Waals surface area (Å²) in [4.78, 5) is 12.9. The predicted octanol–water partition coefficient (Wildman–Crippen LogP) is 4.88. The van der Waals surface area contributed by atoms with Crippen LogP contribution in [0.5, 0.6) is 0 Å². The Kier molecular flexibility index (Phi) is 5.13. The van der Waals surface area contributed by atoms with E-state index in [4.69, 9.17) is 11.6 Å². The molecule has 1 N–H and O–H groups in total. The van der Waals surface area contributed by atoms with Crippen molar-refractivity contribution >= 4 is 46.1 Å². The van der Waals surface area contributed by atoms with Gasteiger partial charge in [-0.3, -0.25) is 4.79 Å². The first-order chi connectivity index (χ1) is 9.47. The number of rotatable bonds is 3. The third-order valence-corrected chi connectivity index (χ3v) is 3.99. The van der Waals surface area contributed by atoms with Gasteiger partial charge >= 0.3 is 0 Å². The van der Waals surface area contributed by atoms with Gasteiger partial charge in [0.1, 0.15) is 0 Å². The van der Waals surface area contributed by atoms with Crippen LogP contribution in [0.3, 0.4) is 0 Å². The summed E-state index contributed by atoms with van der Waals surface area (Å²) in [6, 6.07) is 12.8. The Morgan fingerprint density at radius 3 is 2.75 bits per heavy atom. The molecule has 2 aromatic carbocycles. The highest BCUT2D eigenvalue weighted by molar-refractivity contribution is 9.10. The minimum absolute atomic E-state index is 0.111. The third kappa shape index (κ3) is 3.78. The number of hydrogen-bond donors (Lipinski definition) is 2. The Balaban J connectivity index is 2.17. The van der Waals surface area contributed by atoms with Crippen LogP contribution in [0, 0.1) is 0 Å². The van der Waals surface area contributed by atoms with Crippen molar-refractivity contribution < 1.29 is 4.79 Å². The molecule has 0 spiro atoms. The van der Waals surface area contributed by atoms with Gasteiger partial charge in [-0.1, -0.05) is 39.7 Å². The van der Waals surface area contributed by atoms with Crippen molar-refractivity contribution in [3.8, 4) is 0 Å². The molecule has 1 amide bonds. The lowest BCUT2D eigenvalue weighted by molar-refractivity contribution is 0.0940. The summed E-state index contributed by atoms with van der Waals surface area (Å²) < 4.78 is 0.978. The van der Waals surface area contributed by atoms with Crippen molar-refractivity contribution in [2.75, 3.05) is 0 Å². The van der Waals surface area contributed by atoms with Gasteiger partial charge in [-0.25, -0.2) is 0 Å². The number of hydrogen-bond acceptors (Lipinski definition) is 2. The molecule has 0 heterocycles. The molecule has 2 aromatic rings. The number of benzene rings is 2. The zero-order valence-electron chi connectivity index (χ0n) is 10.7. The second kappa shape index (κ2) is 6.66. The first-order valence-electron chi connectivity index (χ1n) is 6.02. The molecule has 0 bridgehead atoms. The van der Waals surface area contributed by atoms with Gasteiger partial charge in [0.15, 0.2) is 0 Å². The highest BCUT2D eigenvalue weighted by Gasteiger charge is 2.14. The third-order valence-electron chi connectivity index (χ3n) is 2.89. The van der Waals surface area contributed by atoms with E-state index in [9.17, 15) is 4.79 Å². The quantitative estimate of drug-likeness (QED) is 0.741. The molecule has 0 aromatic heterocycles. The number of nitrogens with one attached hydrogen (secondary N) is 1. The molecule has 104 valence electrons. The van der Waals surface area contributed by atoms with E-state index in [-0.39, 0.29) is 11.9 Å². The summed E-state index contributed by atoms with van der Waals surface area (Å²) in [6.07, 6.45) is 0. The fourth-order valence-corrected chi connectivity index (χ4v) is 2.64. The zero-order chi connectivity index (χ0) is 14.7. The number of carbonyl (C=O) groups excluding carboxylic acids is 1. The smallest absolute Gasteiger partial charge is 0.253 e. The molecular formula is C15H13BrClNOS. The van der Waals surface area contributed by atoms with Gasteiger partial charge in [0.25, 0.3) is 5.91 Å². The topological polar surface area (TPSA) is 29.1 Å². The van der Waals surface area contributed by atoms with Crippen molar-refractivity contribution in [3.63, 3.8) is 0 Å². The average Bonchev–Trinajstić information content (AvgIpc) is 2.41. The molecule has 0 aliphatic carbocycles. The van der Waals surface area contributed by atoms with E-state index in [0.717, 1.165) is 10.0 Å². The number of amides is 1. The Morgan fingerprint density at radius 2 is 2.05 bits per heavy atom. The summed E-state index contributed by atoms with van der Waals surface area (Å²) in [7, 11) is 0. The largest absolute Gasteiger partial charge is 0.345 e. The monoisotopic (exact) mass is 369 g/mol. The van der Waals surface area contributed by atoms with Crippen LogP contribution in [-0.4, -0.2) is 5.91 Å². The van der Waals surface area contributed by atoms with Crippen LogP contribution < -0.4 is 5.32 Å². The maximum Gasteiger partial charge on any atom is 0.253 e. The predicted molar refractivity (Wildman–Crippen MR) is 88.7 cm³/mol. The second-order valence-electron chi connectivity index (χ2n) is 4.41. The van der Waals surface area contributed by atoms with Crippen LogP contribution in [0.15, 0.2) is 51.8 Å². The maximum atomic E-state index is 12.2. The molecule has 2 nitrogen and oxygen atoms in total. The van der Waals surface area contributed by atoms with E-state index >= 15 is 0 Å². The molecule has 0 aliphatic rings. The summed E-state index contributed by atoms with van der Waals surface area (Å²) in [5.74, 6) is -0.210. The fraction of sp³-hybridized carbons (Fsp3) is 0.133. The van der Waals surface area contributed by atoms with Crippen LogP contribution in [-0.2, 0) is 0 Å². The van der Waals surface area contributed by atoms with Gasteiger partial charge in [-0.15, -0.1) is 12.6 Å². The van der Waals surface area contributed by atoms with Gasteiger partial charge in [-0.2, -0.15) is 0 Å². The zero-order valence-corrected chi connectivity index (χ0v) is 14.0. The number of thiol groups is 1. The summed E-state index contributed by atoms with van der Waals surface area (Å²) >= 11 is 13.7. The highest BCUT2D eigenvalue weighted by atomic mass is 79.9. The Hall–Kier alpha value is -0.970. The van der Waals surface area contributed by atoms with E-state index in [1.54, 1.807) is 18.2 Å². The summed E-state index contributed by atoms with van der Waals surface area (Å²) in [6.45, 7) is 1.93. The van der Waals surface area contributed by atoms with E-state index in [1.165, 1.54) is 0 Å². The Morgan fingerprint density at radius 1 is 1.30 bits per heavy atom. The molecule has 1 atom stereocenters. The van der Waals surface area contributed by atoms with Gasteiger partial charge in [0, 0.05) is 9.37 Å². The molecular weight excluding hydrogens is 358 g/mol. The van der Waals surface area contributed by atoms with Gasteiger partial charge < -0.3 is 5.32 Å². The standard InChI is InChI=1S/C15H13BrClNOS/c1-9(10-3-2-4-11(16)7-10)18-15(19)13-8-12(20)5-6-14(13)17/h2-9,20H,1H3,(H,18,19). The maximum absolute atomic E-state index is 12.2. The highest BCUT2D eigenvalue weighted by Crippen LogP contribution is 2.22. The van der Waals surface area contributed by atoms with Crippen LogP contribution >= 0.6 is 40.2 Å². The first-order valence-corrected chi connectivity index (χ1v) is 7.64. The van der Waals surface area contributed by atoms with Crippen molar-refractivity contribution in [2.45, 2.75) is 17.9 Å². The van der Waals surface area contributed by atoms with E-state index in [0.29, 0.717) is 15.5 Å². The Bertz CT molecular complexity index is 648.